The number of carbonyl (C=O) groups is 4. The molecule has 0 aliphatic carbocycles. The number of nitrogens with zero attached hydrogens (tertiary/aromatic N) is 4. The Bertz CT molecular complexity index is 3390. The number of carboxylic acid groups (broad SMARTS) is 1. The van der Waals surface area contributed by atoms with E-state index in [0.29, 0.717) is 67.5 Å². The third kappa shape index (κ3) is 12.1. The highest BCUT2D eigenvalue weighted by atomic mass is 79.9. The highest BCUT2D eigenvalue weighted by Crippen LogP contribution is 2.40. The molecule has 2 aromatic heterocycles. The van der Waals surface area contributed by atoms with Gasteiger partial charge in [-0.05, 0) is 148 Å². The largest absolute Gasteiger partial charge is 0.488 e. The Morgan fingerprint density at radius 3 is 1.37 bits per heavy atom. The quantitative estimate of drug-likeness (QED) is 0.106. The lowest BCUT2D eigenvalue weighted by atomic mass is 10.1. The highest BCUT2D eigenvalue weighted by Gasteiger charge is 2.26. The zero-order valence-corrected chi connectivity index (χ0v) is 45.1. The Kier molecular flexibility index (Phi) is 16.5. The Hall–Kier alpha value is -7.68. The number of piperidine rings is 2. The van der Waals surface area contributed by atoms with Crippen molar-refractivity contribution in [2.75, 3.05) is 30.0 Å². The van der Waals surface area contributed by atoms with Crippen LogP contribution in [0.2, 0.25) is 0 Å². The number of hydrogen-bond donors (Lipinski definition) is 1. The van der Waals surface area contributed by atoms with E-state index in [0.717, 1.165) is 91.1 Å². The van der Waals surface area contributed by atoms with Gasteiger partial charge in [-0.25, -0.2) is 9.59 Å². The topological polar surface area (TPSA) is 133 Å². The molecule has 2 amide bonds. The molecule has 8 aromatic rings. The number of carbonyl (C=O) groups excluding carboxylic acids is 3. The molecule has 382 valence electrons. The number of aromatic carboxylic acids is 1. The first-order valence-corrected chi connectivity index (χ1v) is 26.5. The average Bonchev–Trinajstić information content (AvgIpc) is 4.04. The predicted octanol–water partition coefficient (Wildman–Crippen LogP) is 14.1. The van der Waals surface area contributed by atoms with Crippen molar-refractivity contribution in [3.8, 4) is 45.4 Å². The second kappa shape index (κ2) is 23.7. The summed E-state index contributed by atoms with van der Waals surface area (Å²) in [6, 6.07) is 50.6. The van der Waals surface area contributed by atoms with Gasteiger partial charge >= 0.3 is 11.9 Å². The van der Waals surface area contributed by atoms with Crippen LogP contribution in [0.5, 0.6) is 11.5 Å². The SMILES string of the molecule is COC(=O)c1cc(N2CCCCC2=O)cc(-n2c(C)ccc2-c2cc(Br)ccc2OCc2ccccc2)c1.Cc1ccc(-c2cc(Br)ccc2OCc2ccccc2)n1-c1cc(C(=O)O)cc(N2CCCCC2=O)c1. The molecular formula is C61H56Br2N4O8. The standard InChI is InChI=1S/C31H29BrN2O4.C30H27BrN2O4/c1-21-11-13-28(27-18-24(32)12-14-29(27)38-20-22-8-4-3-5-9-22)34(21)26-17-23(31(36)37-2)16-25(19-26)33-15-7-6-10-30(33)35;1-20-10-12-27(26-17-23(31)11-13-28(26)37-19-21-7-3-2-4-8-21)33(20)25-16-22(30(35)36)15-24(18-25)32-14-6-5-9-29(32)34/h3-5,8-9,11-14,16-19H,6-7,10,15,20H2,1-2H3;2-4,7-8,10-13,15-18H,5-6,9,14,19H2,1H3,(H,35,36). The summed E-state index contributed by atoms with van der Waals surface area (Å²) >= 11 is 7.21. The number of rotatable bonds is 14. The van der Waals surface area contributed by atoms with E-state index >= 15 is 0 Å². The van der Waals surface area contributed by atoms with Crippen LogP contribution >= 0.6 is 31.9 Å². The van der Waals surface area contributed by atoms with Gasteiger partial charge in [0.25, 0.3) is 0 Å². The number of aryl methyl sites for hydroxylation is 2. The maximum absolute atomic E-state index is 12.8. The molecule has 2 aliphatic rings. The fourth-order valence-electron chi connectivity index (χ4n) is 9.59. The van der Waals surface area contributed by atoms with Crippen molar-refractivity contribution in [2.45, 2.75) is 65.6 Å². The van der Waals surface area contributed by atoms with Crippen LogP contribution in [0.15, 0.2) is 167 Å². The Morgan fingerprint density at radius 1 is 0.520 bits per heavy atom. The van der Waals surface area contributed by atoms with Crippen LogP contribution in [0.4, 0.5) is 11.4 Å². The molecule has 2 fully saturated rings. The number of anilines is 2. The van der Waals surface area contributed by atoms with Gasteiger partial charge in [0.2, 0.25) is 11.8 Å². The fraction of sp³-hybridized carbons (Fsp3) is 0.213. The third-order valence-corrected chi connectivity index (χ3v) is 14.3. The van der Waals surface area contributed by atoms with Crippen molar-refractivity contribution in [1.82, 2.24) is 9.13 Å². The first-order chi connectivity index (χ1) is 36.3. The van der Waals surface area contributed by atoms with Gasteiger partial charge in [0.05, 0.1) is 29.6 Å². The van der Waals surface area contributed by atoms with Crippen molar-refractivity contribution in [3.05, 3.63) is 200 Å². The van der Waals surface area contributed by atoms with E-state index in [2.05, 4.69) is 36.4 Å². The van der Waals surface area contributed by atoms with Gasteiger partial charge in [-0.2, -0.15) is 0 Å². The maximum atomic E-state index is 12.8. The summed E-state index contributed by atoms with van der Waals surface area (Å²) in [6.07, 6.45) is 4.54. The number of halogens is 2. The minimum atomic E-state index is -1.03. The van der Waals surface area contributed by atoms with E-state index in [1.54, 1.807) is 28.0 Å². The second-order valence-corrected chi connectivity index (χ2v) is 20.3. The summed E-state index contributed by atoms with van der Waals surface area (Å²) in [7, 11) is 1.37. The monoisotopic (exact) mass is 1130 g/mol. The molecule has 0 spiro atoms. The summed E-state index contributed by atoms with van der Waals surface area (Å²) in [6.45, 7) is 6.07. The minimum Gasteiger partial charge on any atom is -0.488 e. The van der Waals surface area contributed by atoms with Gasteiger partial charge in [0.1, 0.15) is 24.7 Å². The van der Waals surface area contributed by atoms with E-state index in [9.17, 15) is 24.3 Å². The number of amides is 2. The van der Waals surface area contributed by atoms with Crippen LogP contribution in [0, 0.1) is 13.8 Å². The number of hydrogen-bond acceptors (Lipinski definition) is 7. The molecule has 0 radical (unpaired) electrons. The van der Waals surface area contributed by atoms with Gasteiger partial charge in [0, 0.05) is 80.1 Å². The van der Waals surface area contributed by atoms with Crippen molar-refractivity contribution in [3.63, 3.8) is 0 Å². The number of carboxylic acids is 1. The van der Waals surface area contributed by atoms with Crippen molar-refractivity contribution in [2.24, 2.45) is 0 Å². The summed E-state index contributed by atoms with van der Waals surface area (Å²) in [4.78, 5) is 53.6. The third-order valence-electron chi connectivity index (χ3n) is 13.3. The molecule has 2 saturated heterocycles. The Labute approximate surface area is 453 Å². The normalized spacial score (nSPS) is 13.5. The second-order valence-electron chi connectivity index (χ2n) is 18.5. The van der Waals surface area contributed by atoms with E-state index in [1.165, 1.54) is 7.11 Å². The molecule has 0 saturated carbocycles. The highest BCUT2D eigenvalue weighted by molar-refractivity contribution is 9.10. The predicted molar refractivity (Wildman–Crippen MR) is 300 cm³/mol. The first kappa shape index (κ1) is 52.2. The molecule has 4 heterocycles. The smallest absolute Gasteiger partial charge is 0.337 e. The summed E-state index contributed by atoms with van der Waals surface area (Å²) in [5.74, 6) is 0.0655. The van der Waals surface area contributed by atoms with Crippen LogP contribution in [-0.4, -0.2) is 58.2 Å². The summed E-state index contributed by atoms with van der Waals surface area (Å²) < 4.78 is 23.5. The molecule has 2 aliphatic heterocycles. The molecule has 12 nitrogen and oxygen atoms in total. The average molecular weight is 1130 g/mol. The van der Waals surface area contributed by atoms with Crippen LogP contribution < -0.4 is 19.3 Å². The Balaban J connectivity index is 0.000000184. The zero-order chi connectivity index (χ0) is 52.6. The molecule has 14 heteroatoms. The summed E-state index contributed by atoms with van der Waals surface area (Å²) in [5.41, 5.74) is 10.9. The number of esters is 1. The lowest BCUT2D eigenvalue weighted by molar-refractivity contribution is -0.120. The van der Waals surface area contributed by atoms with Crippen molar-refractivity contribution >= 4 is 67.0 Å². The molecule has 0 bridgehead atoms. The number of benzene rings is 6. The summed E-state index contributed by atoms with van der Waals surface area (Å²) in [5, 5.41) is 9.87. The van der Waals surface area contributed by atoms with Crippen LogP contribution in [0.1, 0.15) is 81.8 Å². The van der Waals surface area contributed by atoms with Gasteiger partial charge < -0.3 is 38.3 Å². The van der Waals surface area contributed by atoms with Crippen LogP contribution in [0.25, 0.3) is 33.9 Å². The maximum Gasteiger partial charge on any atom is 0.337 e. The number of methoxy groups -OCH3 is 1. The minimum absolute atomic E-state index is 0.0211. The van der Waals surface area contributed by atoms with Gasteiger partial charge in [-0.3, -0.25) is 9.59 Å². The van der Waals surface area contributed by atoms with Crippen LogP contribution in [0.3, 0.4) is 0 Å². The van der Waals surface area contributed by atoms with Crippen LogP contribution in [-0.2, 0) is 27.5 Å². The molecule has 10 rings (SSSR count). The molecule has 75 heavy (non-hydrogen) atoms. The van der Waals surface area contributed by atoms with E-state index in [-0.39, 0.29) is 17.4 Å². The first-order valence-electron chi connectivity index (χ1n) is 24.9. The molecule has 0 unspecified atom stereocenters. The lowest BCUT2D eigenvalue weighted by Gasteiger charge is -2.28. The van der Waals surface area contributed by atoms with Crippen molar-refractivity contribution < 1.29 is 38.5 Å². The van der Waals surface area contributed by atoms with Gasteiger partial charge in [-0.15, -0.1) is 0 Å². The molecular weight excluding hydrogens is 1080 g/mol. The Morgan fingerprint density at radius 2 is 0.947 bits per heavy atom. The fourth-order valence-corrected chi connectivity index (χ4v) is 10.3. The number of aromatic nitrogens is 2. The van der Waals surface area contributed by atoms with E-state index in [1.807, 2.05) is 158 Å². The lowest BCUT2D eigenvalue weighted by Crippen LogP contribution is -2.35. The van der Waals surface area contributed by atoms with E-state index in [4.69, 9.17) is 14.2 Å². The molecule has 6 aromatic carbocycles. The zero-order valence-electron chi connectivity index (χ0n) is 41.9. The molecule has 1 N–H and O–H groups in total. The van der Waals surface area contributed by atoms with E-state index < -0.39 is 11.9 Å². The molecule has 0 atom stereocenters. The number of ether oxygens (including phenoxy) is 3. The van der Waals surface area contributed by atoms with Crippen molar-refractivity contribution in [1.29, 1.82) is 0 Å². The van der Waals surface area contributed by atoms with Gasteiger partial charge in [0.15, 0.2) is 0 Å². The van der Waals surface area contributed by atoms with Gasteiger partial charge in [-0.1, -0.05) is 92.5 Å².